The number of anilines is 1. The van der Waals surface area contributed by atoms with Gasteiger partial charge in [-0.2, -0.15) is 18.2 Å². The SMILES string of the molecule is CCOC(=O)COc1ccccc1Oc1nc(N2C(OC(C)=O)C=C(C(F)(F)F)N(C)C2OC(C)=O)c(F)cc1Cl. The number of hydrogen-bond acceptors (Lipinski definition) is 11. The molecule has 41 heavy (non-hydrogen) atoms. The van der Waals surface area contributed by atoms with Crippen molar-refractivity contribution in [1.29, 1.82) is 0 Å². The molecule has 1 aromatic heterocycles. The highest BCUT2D eigenvalue weighted by molar-refractivity contribution is 6.31. The summed E-state index contributed by atoms with van der Waals surface area (Å²) in [6.45, 7) is 3.13. The van der Waals surface area contributed by atoms with E-state index in [1.165, 1.54) is 12.1 Å². The van der Waals surface area contributed by atoms with Crippen LogP contribution in [0.2, 0.25) is 5.02 Å². The molecule has 2 aromatic rings. The van der Waals surface area contributed by atoms with E-state index in [0.717, 1.165) is 27.0 Å². The number of para-hydroxylation sites is 2. The van der Waals surface area contributed by atoms with Gasteiger partial charge in [0.05, 0.1) is 6.61 Å². The van der Waals surface area contributed by atoms with Crippen LogP contribution < -0.4 is 14.4 Å². The molecule has 0 amide bonds. The molecule has 1 aliphatic rings. The lowest BCUT2D eigenvalue weighted by molar-refractivity contribution is -0.171. The number of carbonyl (C=O) groups excluding carboxylic acids is 3. The number of pyridine rings is 1. The maximum atomic E-state index is 15.3. The fourth-order valence-electron chi connectivity index (χ4n) is 3.62. The summed E-state index contributed by atoms with van der Waals surface area (Å²) in [5.41, 5.74) is -1.33. The van der Waals surface area contributed by atoms with E-state index in [1.54, 1.807) is 19.1 Å². The minimum atomic E-state index is -4.97. The summed E-state index contributed by atoms with van der Waals surface area (Å²) in [6.07, 6.45) is -8.38. The largest absolute Gasteiger partial charge is 0.478 e. The van der Waals surface area contributed by atoms with Gasteiger partial charge in [0.2, 0.25) is 12.1 Å². The molecule has 0 saturated heterocycles. The van der Waals surface area contributed by atoms with Gasteiger partial charge in [-0.1, -0.05) is 23.7 Å². The molecule has 222 valence electrons. The topological polar surface area (TPSA) is 117 Å². The van der Waals surface area contributed by atoms with Crippen molar-refractivity contribution < 1.29 is 55.6 Å². The predicted molar refractivity (Wildman–Crippen MR) is 133 cm³/mol. The molecule has 0 saturated carbocycles. The van der Waals surface area contributed by atoms with E-state index in [2.05, 4.69) is 4.98 Å². The predicted octanol–water partition coefficient (Wildman–Crippen LogP) is 4.54. The summed E-state index contributed by atoms with van der Waals surface area (Å²) < 4.78 is 82.8. The van der Waals surface area contributed by atoms with E-state index in [-0.39, 0.29) is 23.1 Å². The number of halogens is 5. The monoisotopic (exact) mass is 605 g/mol. The van der Waals surface area contributed by atoms with Gasteiger partial charge >= 0.3 is 24.1 Å². The van der Waals surface area contributed by atoms with Gasteiger partial charge in [0, 0.05) is 33.0 Å². The average molecular weight is 606 g/mol. The van der Waals surface area contributed by atoms with Gasteiger partial charge in [-0.25, -0.2) is 9.18 Å². The number of hydrogen-bond donors (Lipinski definition) is 0. The molecule has 1 aromatic carbocycles. The van der Waals surface area contributed by atoms with Crippen LogP contribution in [-0.2, 0) is 28.6 Å². The summed E-state index contributed by atoms with van der Waals surface area (Å²) >= 11 is 6.16. The van der Waals surface area contributed by atoms with Crippen molar-refractivity contribution in [1.82, 2.24) is 9.88 Å². The summed E-state index contributed by atoms with van der Waals surface area (Å²) in [7, 11) is 0.937. The number of alkyl halides is 3. The molecule has 1 aliphatic heterocycles. The quantitative estimate of drug-likeness (QED) is 0.228. The Labute approximate surface area is 236 Å². The Bertz CT molecular complexity index is 1340. The van der Waals surface area contributed by atoms with Crippen molar-refractivity contribution in [3.63, 3.8) is 0 Å². The van der Waals surface area contributed by atoms with Crippen molar-refractivity contribution in [2.24, 2.45) is 0 Å². The first-order valence-electron chi connectivity index (χ1n) is 11.8. The van der Waals surface area contributed by atoms with Crippen LogP contribution in [0.4, 0.5) is 23.4 Å². The molecule has 11 nitrogen and oxygen atoms in total. The molecule has 0 radical (unpaired) electrons. The molecular weight excluding hydrogens is 582 g/mol. The van der Waals surface area contributed by atoms with E-state index in [4.69, 9.17) is 35.3 Å². The van der Waals surface area contributed by atoms with Gasteiger partial charge in [-0.15, -0.1) is 0 Å². The summed E-state index contributed by atoms with van der Waals surface area (Å²) in [4.78, 5) is 40.6. The standard InChI is InChI=1S/C25H24ClF4N3O8/c1-5-37-21(36)12-38-17-8-6-7-9-18(17)41-23-15(26)10-16(27)22(31-23)33-20(39-13(2)34)11-19(25(28,29)30)32(4)24(33)40-14(3)35/h6-11,20,24H,5,12H2,1-4H3. The van der Waals surface area contributed by atoms with Crippen LogP contribution >= 0.6 is 11.6 Å². The third-order valence-electron chi connectivity index (χ3n) is 5.20. The number of rotatable bonds is 9. The van der Waals surface area contributed by atoms with Crippen LogP contribution in [0.25, 0.3) is 0 Å². The molecule has 3 rings (SSSR count). The van der Waals surface area contributed by atoms with Gasteiger partial charge in [-0.3, -0.25) is 14.5 Å². The highest BCUT2D eigenvalue weighted by atomic mass is 35.5. The van der Waals surface area contributed by atoms with Crippen LogP contribution in [0, 0.1) is 5.82 Å². The Kier molecular flexibility index (Phi) is 9.86. The van der Waals surface area contributed by atoms with E-state index in [0.29, 0.717) is 15.9 Å². The van der Waals surface area contributed by atoms with E-state index < -0.39 is 66.5 Å². The molecule has 0 bridgehead atoms. The Morgan fingerprint density at radius 1 is 1.07 bits per heavy atom. The van der Waals surface area contributed by atoms with E-state index >= 15 is 4.39 Å². The van der Waals surface area contributed by atoms with Crippen LogP contribution in [0.3, 0.4) is 0 Å². The number of aromatic nitrogens is 1. The van der Waals surface area contributed by atoms with Crippen molar-refractivity contribution in [3.8, 4) is 17.4 Å². The third-order valence-corrected chi connectivity index (χ3v) is 5.47. The Hall–Kier alpha value is -4.27. The van der Waals surface area contributed by atoms with Crippen LogP contribution in [0.5, 0.6) is 17.4 Å². The van der Waals surface area contributed by atoms with Crippen LogP contribution in [0.15, 0.2) is 42.1 Å². The number of ether oxygens (including phenoxy) is 5. The highest BCUT2D eigenvalue weighted by Crippen LogP contribution is 2.40. The van der Waals surface area contributed by atoms with Gasteiger partial charge in [0.1, 0.15) is 10.7 Å². The molecule has 0 fully saturated rings. The van der Waals surface area contributed by atoms with Crippen LogP contribution in [0.1, 0.15) is 20.8 Å². The molecule has 0 aliphatic carbocycles. The highest BCUT2D eigenvalue weighted by Gasteiger charge is 2.48. The van der Waals surface area contributed by atoms with Crippen molar-refractivity contribution in [2.75, 3.05) is 25.2 Å². The fourth-order valence-corrected chi connectivity index (χ4v) is 3.80. The molecule has 0 spiro atoms. The van der Waals surface area contributed by atoms with Crippen molar-refractivity contribution >= 4 is 35.3 Å². The summed E-state index contributed by atoms with van der Waals surface area (Å²) in [6, 6.07) is 6.72. The third kappa shape index (κ3) is 7.68. The Balaban J connectivity index is 2.09. The number of benzene rings is 1. The van der Waals surface area contributed by atoms with E-state index in [9.17, 15) is 27.6 Å². The Morgan fingerprint density at radius 2 is 1.71 bits per heavy atom. The lowest BCUT2D eigenvalue weighted by atomic mass is 10.2. The van der Waals surface area contributed by atoms with E-state index in [1.807, 2.05) is 0 Å². The van der Waals surface area contributed by atoms with Crippen molar-refractivity contribution in [2.45, 2.75) is 39.5 Å². The number of carbonyl (C=O) groups is 3. The van der Waals surface area contributed by atoms with Crippen LogP contribution in [-0.4, -0.2) is 66.8 Å². The minimum Gasteiger partial charge on any atom is -0.478 e. The second-order valence-electron chi connectivity index (χ2n) is 8.23. The first-order chi connectivity index (χ1) is 19.2. The first kappa shape index (κ1) is 31.3. The smallest absolute Gasteiger partial charge is 0.431 e. The maximum Gasteiger partial charge on any atom is 0.431 e. The minimum absolute atomic E-state index is 0.0214. The molecule has 2 unspecified atom stereocenters. The van der Waals surface area contributed by atoms with Gasteiger partial charge in [0.15, 0.2) is 29.7 Å². The lowest BCUT2D eigenvalue weighted by Crippen LogP contribution is -2.59. The zero-order chi connectivity index (χ0) is 30.5. The number of allylic oxidation sites excluding steroid dienone is 1. The molecule has 2 heterocycles. The van der Waals surface area contributed by atoms with Gasteiger partial charge < -0.3 is 28.6 Å². The van der Waals surface area contributed by atoms with Gasteiger partial charge in [-0.05, 0) is 19.1 Å². The number of nitrogens with zero attached hydrogens (tertiary/aromatic N) is 3. The zero-order valence-corrected chi connectivity index (χ0v) is 22.8. The molecule has 2 atom stereocenters. The molecule has 16 heteroatoms. The zero-order valence-electron chi connectivity index (χ0n) is 22.0. The molecule has 0 N–H and O–H groups in total. The molecular formula is C25H24ClF4N3O8. The Morgan fingerprint density at radius 3 is 2.29 bits per heavy atom. The average Bonchev–Trinajstić information content (AvgIpc) is 2.86. The first-order valence-corrected chi connectivity index (χ1v) is 12.2. The van der Waals surface area contributed by atoms with Gasteiger partial charge in [0.25, 0.3) is 6.35 Å². The second kappa shape index (κ2) is 12.9. The normalized spacial score (nSPS) is 17.0. The summed E-state index contributed by atoms with van der Waals surface area (Å²) in [5, 5.41) is -0.364. The number of esters is 3. The fraction of sp³-hybridized carbons (Fsp3) is 0.360. The summed E-state index contributed by atoms with van der Waals surface area (Å²) in [5.74, 6) is -5.06. The second-order valence-corrected chi connectivity index (χ2v) is 8.63. The maximum absolute atomic E-state index is 15.3. The van der Waals surface area contributed by atoms with Crippen molar-refractivity contribution in [3.05, 3.63) is 52.9 Å². The lowest BCUT2D eigenvalue weighted by Gasteiger charge is -2.45.